The van der Waals surface area contributed by atoms with Crippen molar-refractivity contribution in [1.82, 2.24) is 4.98 Å². The van der Waals surface area contributed by atoms with Gasteiger partial charge in [-0.3, -0.25) is 9.78 Å². The third-order valence-electron chi connectivity index (χ3n) is 5.10. The molecule has 1 saturated carbocycles. The molecule has 1 fully saturated rings. The monoisotopic (exact) mass is 370 g/mol. The molecule has 0 bridgehead atoms. The highest BCUT2D eigenvalue weighted by molar-refractivity contribution is 6.05. The molecule has 0 aliphatic heterocycles. The Morgan fingerprint density at radius 2 is 1.89 bits per heavy atom. The number of ether oxygens (including phenoxy) is 2. The maximum Gasteiger partial charge on any atom is 0.256 e. The number of hydrogen-bond acceptors (Lipinski definition) is 4. The fourth-order valence-corrected chi connectivity index (χ4v) is 3.68. The largest absolute Gasteiger partial charge is 0.491 e. The molecule has 1 N–H and O–H groups in total. The minimum Gasteiger partial charge on any atom is -0.491 e. The first-order valence-electron chi connectivity index (χ1n) is 10.2. The lowest BCUT2D eigenvalue weighted by Crippen LogP contribution is -2.47. The molecule has 1 aromatic carbocycles. The Balaban J connectivity index is 1.87. The van der Waals surface area contributed by atoms with Crippen molar-refractivity contribution in [3.8, 4) is 5.75 Å². The number of nitrogens with one attached hydrogen (secondary N) is 1. The van der Waals surface area contributed by atoms with Gasteiger partial charge >= 0.3 is 0 Å². The van der Waals surface area contributed by atoms with Crippen molar-refractivity contribution in [2.24, 2.45) is 0 Å². The van der Waals surface area contributed by atoms with Gasteiger partial charge in [-0.25, -0.2) is 0 Å². The number of aromatic nitrogens is 1. The Bertz CT molecular complexity index is 769. The van der Waals surface area contributed by atoms with E-state index >= 15 is 0 Å². The molecule has 1 amide bonds. The first-order chi connectivity index (χ1) is 13.2. The van der Waals surface area contributed by atoms with Gasteiger partial charge in [0.2, 0.25) is 0 Å². The summed E-state index contributed by atoms with van der Waals surface area (Å²) in [6.45, 7) is 5.40. The molecular weight excluding hydrogens is 340 g/mol. The average molecular weight is 370 g/mol. The van der Waals surface area contributed by atoms with E-state index in [1.807, 2.05) is 24.3 Å². The van der Waals surface area contributed by atoms with Gasteiger partial charge in [0.25, 0.3) is 5.91 Å². The summed E-state index contributed by atoms with van der Waals surface area (Å²) in [5.74, 6) is 0.711. The summed E-state index contributed by atoms with van der Waals surface area (Å²) in [6.07, 6.45) is 8.39. The van der Waals surface area contributed by atoms with Gasteiger partial charge in [0.05, 0.1) is 12.3 Å². The fourth-order valence-electron chi connectivity index (χ4n) is 3.68. The molecule has 5 nitrogen and oxygen atoms in total. The lowest BCUT2D eigenvalue weighted by atomic mass is 9.83. The van der Waals surface area contributed by atoms with E-state index in [1.54, 1.807) is 6.20 Å². The van der Waals surface area contributed by atoms with Crippen LogP contribution >= 0.6 is 0 Å². The maximum absolute atomic E-state index is 13.2. The number of carbonyl (C=O) groups is 1. The Kier molecular flexibility index (Phi) is 6.67. The van der Waals surface area contributed by atoms with Crippen molar-refractivity contribution in [1.29, 1.82) is 0 Å². The summed E-state index contributed by atoms with van der Waals surface area (Å²) in [6, 6.07) is 7.65. The zero-order valence-electron chi connectivity index (χ0n) is 16.4. The van der Waals surface area contributed by atoms with E-state index in [0.29, 0.717) is 13.2 Å². The minimum atomic E-state index is -0.708. The Labute approximate surface area is 161 Å². The quantitative estimate of drug-likeness (QED) is 0.703. The number of nitrogens with zero attached hydrogens (tertiary/aromatic N) is 1. The number of benzene rings is 1. The van der Waals surface area contributed by atoms with E-state index in [1.165, 1.54) is 6.42 Å². The summed E-state index contributed by atoms with van der Waals surface area (Å²) in [5.41, 5.74) is 0.827. The van der Waals surface area contributed by atoms with E-state index in [0.717, 1.165) is 60.9 Å². The van der Waals surface area contributed by atoms with Crippen molar-refractivity contribution in [2.45, 2.75) is 64.4 Å². The molecule has 0 atom stereocenters. The number of anilines is 1. The third-order valence-corrected chi connectivity index (χ3v) is 5.10. The average Bonchev–Trinajstić information content (AvgIpc) is 2.72. The molecule has 146 valence electrons. The standard InChI is InChI=1S/C22H30N2O3/c1-3-15-26-19-11-10-18(17-9-8-14-23-20(17)19)24-21(25)22(27-16-4-2)12-6-5-7-13-22/h8-11,14H,3-7,12-13,15-16H2,1-2H3,(H,24,25). The lowest BCUT2D eigenvalue weighted by molar-refractivity contribution is -0.146. The van der Waals surface area contributed by atoms with Crippen molar-refractivity contribution < 1.29 is 14.3 Å². The summed E-state index contributed by atoms with van der Waals surface area (Å²) in [5, 5.41) is 4.02. The van der Waals surface area contributed by atoms with Crippen molar-refractivity contribution >= 4 is 22.5 Å². The van der Waals surface area contributed by atoms with Crippen LogP contribution in [-0.4, -0.2) is 29.7 Å². The molecule has 0 radical (unpaired) electrons. The van der Waals surface area contributed by atoms with Gasteiger partial charge < -0.3 is 14.8 Å². The second-order valence-electron chi connectivity index (χ2n) is 7.22. The number of amides is 1. The molecule has 1 heterocycles. The number of carbonyl (C=O) groups excluding carboxylic acids is 1. The van der Waals surface area contributed by atoms with Crippen LogP contribution < -0.4 is 10.1 Å². The molecule has 2 aromatic rings. The molecule has 0 spiro atoms. The highest BCUT2D eigenvalue weighted by Gasteiger charge is 2.40. The number of rotatable bonds is 8. The number of hydrogen-bond donors (Lipinski definition) is 1. The molecule has 3 rings (SSSR count). The molecule has 27 heavy (non-hydrogen) atoms. The Morgan fingerprint density at radius 3 is 2.63 bits per heavy atom. The first kappa shape index (κ1) is 19.6. The van der Waals surface area contributed by atoms with Crippen LogP contribution in [0.25, 0.3) is 10.9 Å². The first-order valence-corrected chi connectivity index (χ1v) is 10.2. The van der Waals surface area contributed by atoms with E-state index in [4.69, 9.17) is 9.47 Å². The van der Waals surface area contributed by atoms with Gasteiger partial charge in [-0.2, -0.15) is 0 Å². The van der Waals surface area contributed by atoms with Crippen LogP contribution in [0.1, 0.15) is 58.8 Å². The third kappa shape index (κ3) is 4.41. The summed E-state index contributed by atoms with van der Waals surface area (Å²) < 4.78 is 11.9. The topological polar surface area (TPSA) is 60.5 Å². The number of pyridine rings is 1. The van der Waals surface area contributed by atoms with Crippen LogP contribution in [0.4, 0.5) is 5.69 Å². The molecule has 1 aliphatic rings. The highest BCUT2D eigenvalue weighted by atomic mass is 16.5. The SMILES string of the molecule is CCCOc1ccc(NC(=O)C2(OCCC)CCCCC2)c2cccnc12. The molecule has 0 unspecified atom stereocenters. The highest BCUT2D eigenvalue weighted by Crippen LogP contribution is 2.35. The second kappa shape index (κ2) is 9.18. The van der Waals surface area contributed by atoms with Gasteiger partial charge in [0.1, 0.15) is 16.9 Å². The van der Waals surface area contributed by atoms with Crippen LogP contribution in [0.2, 0.25) is 0 Å². The molecule has 0 saturated heterocycles. The van der Waals surface area contributed by atoms with Crippen LogP contribution in [0.3, 0.4) is 0 Å². The van der Waals surface area contributed by atoms with E-state index in [2.05, 4.69) is 24.1 Å². The molecule has 1 aliphatic carbocycles. The van der Waals surface area contributed by atoms with Crippen molar-refractivity contribution in [3.63, 3.8) is 0 Å². The number of fused-ring (bicyclic) bond motifs is 1. The minimum absolute atomic E-state index is 0.0389. The van der Waals surface area contributed by atoms with Crippen LogP contribution in [0.5, 0.6) is 5.75 Å². The zero-order chi connectivity index (χ0) is 19.1. The Hall–Kier alpha value is -2.14. The van der Waals surface area contributed by atoms with Gasteiger partial charge in [-0.15, -0.1) is 0 Å². The predicted molar refractivity (Wildman–Crippen MR) is 108 cm³/mol. The van der Waals surface area contributed by atoms with Crippen LogP contribution in [0.15, 0.2) is 30.5 Å². The van der Waals surface area contributed by atoms with Crippen molar-refractivity contribution in [3.05, 3.63) is 30.5 Å². The second-order valence-corrected chi connectivity index (χ2v) is 7.22. The molecule has 1 aromatic heterocycles. The van der Waals surface area contributed by atoms with Crippen molar-refractivity contribution in [2.75, 3.05) is 18.5 Å². The van der Waals surface area contributed by atoms with Gasteiger partial charge in [-0.1, -0.05) is 33.1 Å². The lowest BCUT2D eigenvalue weighted by Gasteiger charge is -2.35. The molecule has 5 heteroatoms. The summed E-state index contributed by atoms with van der Waals surface area (Å²) in [4.78, 5) is 17.7. The van der Waals surface area contributed by atoms with Crippen LogP contribution in [-0.2, 0) is 9.53 Å². The normalized spacial score (nSPS) is 16.2. The van der Waals surface area contributed by atoms with Gasteiger partial charge in [0.15, 0.2) is 0 Å². The van der Waals surface area contributed by atoms with E-state index in [9.17, 15) is 4.79 Å². The zero-order valence-corrected chi connectivity index (χ0v) is 16.4. The predicted octanol–water partition coefficient (Wildman–Crippen LogP) is 5.09. The van der Waals surface area contributed by atoms with Gasteiger partial charge in [0, 0.05) is 18.2 Å². The smallest absolute Gasteiger partial charge is 0.256 e. The van der Waals surface area contributed by atoms with Crippen LogP contribution in [0, 0.1) is 0 Å². The van der Waals surface area contributed by atoms with E-state index in [-0.39, 0.29) is 5.91 Å². The maximum atomic E-state index is 13.2. The van der Waals surface area contributed by atoms with Gasteiger partial charge in [-0.05, 0) is 49.9 Å². The van der Waals surface area contributed by atoms with E-state index < -0.39 is 5.60 Å². The summed E-state index contributed by atoms with van der Waals surface area (Å²) in [7, 11) is 0. The fraction of sp³-hybridized carbons (Fsp3) is 0.545. The Morgan fingerprint density at radius 1 is 1.11 bits per heavy atom. The molecular formula is C22H30N2O3. The summed E-state index contributed by atoms with van der Waals surface area (Å²) >= 11 is 0.